The number of aryl methyl sites for hydroxylation is 2. The van der Waals surface area contributed by atoms with Gasteiger partial charge in [0.25, 0.3) is 0 Å². The van der Waals surface area contributed by atoms with Crippen LogP contribution in [0.5, 0.6) is 0 Å². The van der Waals surface area contributed by atoms with E-state index in [2.05, 4.69) is 35.3 Å². The van der Waals surface area contributed by atoms with E-state index in [1.54, 1.807) is 6.20 Å². The van der Waals surface area contributed by atoms with Crippen LogP contribution in [-0.2, 0) is 13.0 Å². The van der Waals surface area contributed by atoms with E-state index in [1.165, 1.54) is 0 Å². The van der Waals surface area contributed by atoms with Gasteiger partial charge in [0.15, 0.2) is 0 Å². The molecule has 0 fully saturated rings. The number of hydrogen-bond donors (Lipinski definition) is 1. The summed E-state index contributed by atoms with van der Waals surface area (Å²) >= 11 is 6.35. The van der Waals surface area contributed by atoms with E-state index in [4.69, 9.17) is 11.6 Å². The Morgan fingerprint density at radius 2 is 2.19 bits per heavy atom. The van der Waals surface area contributed by atoms with Gasteiger partial charge in [-0.15, -0.1) is 0 Å². The maximum Gasteiger partial charge on any atom is 0.0834 e. The van der Waals surface area contributed by atoms with Crippen molar-refractivity contribution in [2.24, 2.45) is 0 Å². The molecule has 2 heterocycles. The first-order chi connectivity index (χ1) is 10.3. The fourth-order valence-corrected chi connectivity index (χ4v) is 2.80. The van der Waals surface area contributed by atoms with E-state index in [1.807, 2.05) is 23.0 Å². The van der Waals surface area contributed by atoms with Gasteiger partial charge in [0.05, 0.1) is 23.0 Å². The van der Waals surface area contributed by atoms with Crippen molar-refractivity contribution in [2.75, 3.05) is 6.54 Å². The first-order valence-electron chi connectivity index (χ1n) is 7.60. The zero-order valence-electron chi connectivity index (χ0n) is 12.7. The molecule has 0 aliphatic heterocycles. The van der Waals surface area contributed by atoms with Crippen molar-refractivity contribution in [3.05, 3.63) is 47.0 Å². The van der Waals surface area contributed by atoms with E-state index < -0.39 is 0 Å². The minimum atomic E-state index is 0.207. The fraction of sp³-hybridized carbons (Fsp3) is 0.500. The number of nitrogens with zero attached hydrogens (tertiary/aromatic N) is 3. The molecule has 0 aromatic carbocycles. The van der Waals surface area contributed by atoms with Gasteiger partial charge in [-0.05, 0) is 37.9 Å². The minimum absolute atomic E-state index is 0.207. The van der Waals surface area contributed by atoms with Gasteiger partial charge in [0, 0.05) is 18.4 Å². The minimum Gasteiger partial charge on any atom is -0.309 e. The zero-order chi connectivity index (χ0) is 15.1. The molecule has 0 aliphatic rings. The molecule has 1 N–H and O–H groups in total. The highest BCUT2D eigenvalue weighted by molar-refractivity contribution is 6.31. The lowest BCUT2D eigenvalue weighted by atomic mass is 10.1. The van der Waals surface area contributed by atoms with E-state index in [0.29, 0.717) is 0 Å². The van der Waals surface area contributed by atoms with Crippen molar-refractivity contribution in [1.82, 2.24) is 20.1 Å². The van der Waals surface area contributed by atoms with E-state index in [0.717, 1.165) is 48.8 Å². The van der Waals surface area contributed by atoms with Gasteiger partial charge in [-0.25, -0.2) is 0 Å². The summed E-state index contributed by atoms with van der Waals surface area (Å²) in [4.78, 5) is 4.39. The second-order valence-electron chi connectivity index (χ2n) is 5.07. The van der Waals surface area contributed by atoms with Crippen LogP contribution in [0.25, 0.3) is 0 Å². The number of nitrogens with one attached hydrogen (secondary N) is 1. The van der Waals surface area contributed by atoms with Gasteiger partial charge >= 0.3 is 0 Å². The predicted molar refractivity (Wildman–Crippen MR) is 86.5 cm³/mol. The van der Waals surface area contributed by atoms with Gasteiger partial charge in [-0.1, -0.05) is 31.5 Å². The van der Waals surface area contributed by atoms with Crippen molar-refractivity contribution >= 4 is 11.6 Å². The summed E-state index contributed by atoms with van der Waals surface area (Å²) in [6.45, 7) is 6.06. The van der Waals surface area contributed by atoms with Crippen LogP contribution in [0.3, 0.4) is 0 Å². The van der Waals surface area contributed by atoms with Gasteiger partial charge in [0.1, 0.15) is 0 Å². The van der Waals surface area contributed by atoms with Gasteiger partial charge in [-0.2, -0.15) is 5.10 Å². The van der Waals surface area contributed by atoms with E-state index >= 15 is 0 Å². The van der Waals surface area contributed by atoms with Crippen molar-refractivity contribution in [1.29, 1.82) is 0 Å². The third-order valence-corrected chi connectivity index (χ3v) is 3.76. The fourth-order valence-electron chi connectivity index (χ4n) is 2.53. The zero-order valence-corrected chi connectivity index (χ0v) is 13.5. The van der Waals surface area contributed by atoms with E-state index in [-0.39, 0.29) is 6.04 Å². The molecule has 0 saturated carbocycles. The summed E-state index contributed by atoms with van der Waals surface area (Å²) in [6.07, 6.45) is 6.51. The van der Waals surface area contributed by atoms with E-state index in [9.17, 15) is 0 Å². The van der Waals surface area contributed by atoms with Crippen LogP contribution in [0.1, 0.15) is 44.1 Å². The highest BCUT2D eigenvalue weighted by Crippen LogP contribution is 2.26. The van der Waals surface area contributed by atoms with Crippen LogP contribution in [0.2, 0.25) is 5.02 Å². The number of pyridine rings is 1. The first-order valence-corrected chi connectivity index (χ1v) is 7.98. The van der Waals surface area contributed by atoms with Crippen molar-refractivity contribution in [3.8, 4) is 0 Å². The summed E-state index contributed by atoms with van der Waals surface area (Å²) in [5.74, 6) is 0. The Morgan fingerprint density at radius 3 is 2.86 bits per heavy atom. The topological polar surface area (TPSA) is 42.7 Å². The Kier molecular flexibility index (Phi) is 6.21. The molecule has 0 radical (unpaired) electrons. The lowest BCUT2D eigenvalue weighted by Gasteiger charge is -2.20. The largest absolute Gasteiger partial charge is 0.309 e. The molecule has 2 aromatic heterocycles. The summed E-state index contributed by atoms with van der Waals surface area (Å²) in [5, 5.41) is 8.66. The van der Waals surface area contributed by atoms with Crippen molar-refractivity contribution in [2.45, 2.75) is 45.7 Å². The number of hydrogen-bond acceptors (Lipinski definition) is 3. The molecule has 21 heavy (non-hydrogen) atoms. The number of rotatable bonds is 8. The third kappa shape index (κ3) is 4.29. The molecule has 5 heteroatoms. The molecular weight excluding hydrogens is 284 g/mol. The normalized spacial score (nSPS) is 12.5. The SMILES string of the molecule is CCCn1ncc(Cl)c1C(CCc1ccccn1)NCC. The Balaban J connectivity index is 2.13. The maximum absolute atomic E-state index is 6.35. The molecule has 4 nitrogen and oxygen atoms in total. The van der Waals surface area contributed by atoms with Gasteiger partial charge < -0.3 is 5.32 Å². The predicted octanol–water partition coefficient (Wildman–Crippen LogP) is 3.62. The highest BCUT2D eigenvalue weighted by atomic mass is 35.5. The monoisotopic (exact) mass is 306 g/mol. The second kappa shape index (κ2) is 8.15. The van der Waals surface area contributed by atoms with Crippen molar-refractivity contribution in [3.63, 3.8) is 0 Å². The van der Waals surface area contributed by atoms with Crippen molar-refractivity contribution < 1.29 is 0 Å². The summed E-state index contributed by atoms with van der Waals surface area (Å²) in [7, 11) is 0. The van der Waals surface area contributed by atoms with Crippen LogP contribution in [0.15, 0.2) is 30.6 Å². The van der Waals surface area contributed by atoms with Crippen LogP contribution in [0.4, 0.5) is 0 Å². The van der Waals surface area contributed by atoms with Crippen LogP contribution < -0.4 is 5.32 Å². The Labute approximate surface area is 131 Å². The number of aromatic nitrogens is 3. The van der Waals surface area contributed by atoms with Gasteiger partial charge in [-0.3, -0.25) is 9.67 Å². The molecule has 1 unspecified atom stereocenters. The molecule has 0 aliphatic carbocycles. The van der Waals surface area contributed by atoms with Crippen LogP contribution in [-0.4, -0.2) is 21.3 Å². The average Bonchev–Trinajstić information content (AvgIpc) is 2.86. The average molecular weight is 307 g/mol. The summed E-state index contributed by atoms with van der Waals surface area (Å²) in [5.41, 5.74) is 2.20. The summed E-state index contributed by atoms with van der Waals surface area (Å²) < 4.78 is 2.02. The quantitative estimate of drug-likeness (QED) is 0.810. The molecule has 0 spiro atoms. The highest BCUT2D eigenvalue weighted by Gasteiger charge is 2.19. The third-order valence-electron chi connectivity index (χ3n) is 3.46. The molecule has 114 valence electrons. The molecular formula is C16H23ClN4. The molecule has 1 atom stereocenters. The Hall–Kier alpha value is -1.39. The second-order valence-corrected chi connectivity index (χ2v) is 5.48. The maximum atomic E-state index is 6.35. The lowest BCUT2D eigenvalue weighted by Crippen LogP contribution is -2.25. The van der Waals surface area contributed by atoms with Gasteiger partial charge in [0.2, 0.25) is 0 Å². The first kappa shape index (κ1) is 16.0. The molecule has 2 rings (SSSR count). The summed E-state index contributed by atoms with van der Waals surface area (Å²) in [6, 6.07) is 6.24. The molecule has 0 bridgehead atoms. The Bertz CT molecular complexity index is 538. The lowest BCUT2D eigenvalue weighted by molar-refractivity contribution is 0.456. The molecule has 0 amide bonds. The molecule has 2 aromatic rings. The van der Waals surface area contributed by atoms with Crippen LogP contribution in [0, 0.1) is 0 Å². The Morgan fingerprint density at radius 1 is 1.33 bits per heavy atom. The standard InChI is InChI=1S/C16H23ClN4/c1-3-11-21-16(14(17)12-20-21)15(18-4-2)9-8-13-7-5-6-10-19-13/h5-7,10,12,15,18H,3-4,8-9,11H2,1-2H3. The number of halogens is 1. The smallest absolute Gasteiger partial charge is 0.0834 e. The molecule has 0 saturated heterocycles. The van der Waals surface area contributed by atoms with Crippen LogP contribution >= 0.6 is 11.6 Å².